The maximum Gasteiger partial charge on any atom is 0.407 e. The largest absolute Gasteiger partial charge is 0.465 e. The number of rotatable bonds is 3. The summed E-state index contributed by atoms with van der Waals surface area (Å²) in [6.45, 7) is 4.47. The minimum absolute atomic E-state index is 0.0161. The summed E-state index contributed by atoms with van der Waals surface area (Å²) >= 11 is 0. The fraction of sp³-hybridized carbons (Fsp3) is 0.900. The Morgan fingerprint density at radius 3 is 2.43 bits per heavy atom. The number of urea groups is 1. The number of amides is 3. The van der Waals surface area contributed by atoms with Crippen LogP contribution in [0.4, 0.5) is 9.59 Å². The van der Waals surface area contributed by atoms with Crippen LogP contribution in [0.2, 0.25) is 0 Å². The van der Waals surface area contributed by atoms with Crippen LogP contribution in [0.25, 0.3) is 0 Å². The fourth-order valence-corrected chi connectivity index (χ4v) is 6.08. The fourth-order valence-electron chi connectivity index (χ4n) is 6.08. The second-order valence-electron chi connectivity index (χ2n) is 9.26. The predicted molar refractivity (Wildman–Crippen MR) is 104 cm³/mol. The topological polar surface area (TPSA) is 76.6 Å². The van der Waals surface area contributed by atoms with Gasteiger partial charge in [0.05, 0.1) is 7.11 Å². The molecule has 158 valence electrons. The zero-order valence-corrected chi connectivity index (χ0v) is 17.2. The number of piperidine rings is 1. The number of nitrogens with zero attached hydrogens (tertiary/aromatic N) is 4. The van der Waals surface area contributed by atoms with E-state index in [-0.39, 0.29) is 11.4 Å². The van der Waals surface area contributed by atoms with Crippen LogP contribution in [0.15, 0.2) is 0 Å². The number of carbonyl (C=O) groups excluding carboxylic acids is 1. The van der Waals surface area contributed by atoms with Crippen molar-refractivity contribution in [3.05, 3.63) is 0 Å². The summed E-state index contributed by atoms with van der Waals surface area (Å²) in [5, 5.41) is 10.5. The maximum atomic E-state index is 12.5. The van der Waals surface area contributed by atoms with Crippen molar-refractivity contribution in [2.75, 3.05) is 46.9 Å². The molecule has 0 aromatic heterocycles. The smallest absolute Gasteiger partial charge is 0.407 e. The van der Waals surface area contributed by atoms with Crippen LogP contribution >= 0.6 is 0 Å². The van der Waals surface area contributed by atoms with Gasteiger partial charge in [-0.15, -0.1) is 0 Å². The van der Waals surface area contributed by atoms with E-state index in [1.807, 2.05) is 4.90 Å². The Balaban J connectivity index is 1.26. The Morgan fingerprint density at radius 1 is 1.11 bits per heavy atom. The van der Waals surface area contributed by atoms with Gasteiger partial charge in [-0.1, -0.05) is 0 Å². The van der Waals surface area contributed by atoms with Crippen molar-refractivity contribution in [3.63, 3.8) is 0 Å². The lowest BCUT2D eigenvalue weighted by Crippen LogP contribution is -2.55. The number of hydroxylamine groups is 2. The van der Waals surface area contributed by atoms with Crippen LogP contribution < -0.4 is 0 Å². The summed E-state index contributed by atoms with van der Waals surface area (Å²) in [6, 6.07) is 0.951. The average molecular weight is 395 g/mol. The molecule has 1 spiro atoms. The molecule has 4 rings (SSSR count). The quantitative estimate of drug-likeness (QED) is 0.744. The normalized spacial score (nSPS) is 34.1. The highest BCUT2D eigenvalue weighted by Gasteiger charge is 2.51. The molecule has 3 amide bonds. The highest BCUT2D eigenvalue weighted by Crippen LogP contribution is 2.50. The van der Waals surface area contributed by atoms with Gasteiger partial charge in [0.15, 0.2) is 0 Å². The molecule has 0 unspecified atom stereocenters. The van der Waals surface area contributed by atoms with E-state index in [0.29, 0.717) is 24.5 Å². The van der Waals surface area contributed by atoms with Gasteiger partial charge >= 0.3 is 12.1 Å². The molecule has 3 heterocycles. The summed E-state index contributed by atoms with van der Waals surface area (Å²) in [5.74, 6) is 0.580. The number of likely N-dealkylation sites (tertiary alicyclic amines) is 3. The van der Waals surface area contributed by atoms with Crippen molar-refractivity contribution in [2.24, 2.45) is 11.3 Å². The second kappa shape index (κ2) is 7.71. The zero-order valence-electron chi connectivity index (χ0n) is 17.2. The van der Waals surface area contributed by atoms with Crippen molar-refractivity contribution in [3.8, 4) is 0 Å². The zero-order chi connectivity index (χ0) is 19.9. The number of hydrogen-bond acceptors (Lipinski definition) is 4. The lowest BCUT2D eigenvalue weighted by Gasteiger charge is -2.52. The van der Waals surface area contributed by atoms with E-state index < -0.39 is 6.09 Å². The van der Waals surface area contributed by atoms with E-state index >= 15 is 0 Å². The number of carboxylic acid groups (broad SMARTS) is 1. The molecule has 1 atom stereocenters. The minimum Gasteiger partial charge on any atom is -0.465 e. The van der Waals surface area contributed by atoms with Gasteiger partial charge in [0.1, 0.15) is 0 Å². The van der Waals surface area contributed by atoms with Gasteiger partial charge in [-0.2, -0.15) is 0 Å². The van der Waals surface area contributed by atoms with Gasteiger partial charge in [0.25, 0.3) is 0 Å². The first-order valence-corrected chi connectivity index (χ1v) is 10.7. The maximum absolute atomic E-state index is 12.5. The molecule has 28 heavy (non-hydrogen) atoms. The molecular formula is C20H34N4O4. The van der Waals surface area contributed by atoms with Crippen LogP contribution in [0.5, 0.6) is 0 Å². The number of carbonyl (C=O) groups is 2. The van der Waals surface area contributed by atoms with Crippen LogP contribution in [0.3, 0.4) is 0 Å². The molecule has 4 fully saturated rings. The molecule has 3 saturated heterocycles. The molecule has 0 aromatic rings. The highest BCUT2D eigenvalue weighted by atomic mass is 16.7. The molecule has 4 aliphatic rings. The first-order valence-electron chi connectivity index (χ1n) is 10.7. The van der Waals surface area contributed by atoms with E-state index in [0.717, 1.165) is 71.1 Å². The van der Waals surface area contributed by atoms with Crippen LogP contribution in [0, 0.1) is 11.3 Å². The molecule has 0 radical (unpaired) electrons. The lowest BCUT2D eigenvalue weighted by atomic mass is 9.64. The molecule has 8 heteroatoms. The highest BCUT2D eigenvalue weighted by molar-refractivity contribution is 5.73. The molecule has 1 N–H and O–H groups in total. The number of hydrogen-bond donors (Lipinski definition) is 1. The molecule has 8 nitrogen and oxygen atoms in total. The monoisotopic (exact) mass is 394 g/mol. The average Bonchev–Trinajstić information content (AvgIpc) is 3.33. The van der Waals surface area contributed by atoms with E-state index in [2.05, 4.69) is 4.90 Å². The van der Waals surface area contributed by atoms with Crippen molar-refractivity contribution in [1.29, 1.82) is 0 Å². The summed E-state index contributed by atoms with van der Waals surface area (Å²) < 4.78 is 0. The SMILES string of the molecule is CON(C)C(=O)N1CCC[C@H]1C1CCN(C2CC3(CCN(C(=O)O)C3)C2)CC1. The van der Waals surface area contributed by atoms with E-state index in [9.17, 15) is 14.7 Å². The Bertz CT molecular complexity index is 601. The van der Waals surface area contributed by atoms with Crippen molar-refractivity contribution in [1.82, 2.24) is 19.8 Å². The molecule has 0 bridgehead atoms. The Morgan fingerprint density at radius 2 is 1.82 bits per heavy atom. The summed E-state index contributed by atoms with van der Waals surface area (Å²) in [4.78, 5) is 35.0. The second-order valence-corrected chi connectivity index (χ2v) is 9.26. The van der Waals surface area contributed by atoms with E-state index in [1.165, 1.54) is 12.2 Å². The van der Waals surface area contributed by atoms with Gasteiger partial charge in [0.2, 0.25) is 0 Å². The third kappa shape index (κ3) is 3.56. The van der Waals surface area contributed by atoms with Crippen LogP contribution in [-0.4, -0.2) is 96.0 Å². The molecular weight excluding hydrogens is 360 g/mol. The van der Waals surface area contributed by atoms with Gasteiger partial charge < -0.3 is 19.8 Å². The van der Waals surface area contributed by atoms with Gasteiger partial charge in [-0.05, 0) is 69.4 Å². The Kier molecular flexibility index (Phi) is 5.44. The van der Waals surface area contributed by atoms with Crippen molar-refractivity contribution < 1.29 is 19.5 Å². The third-order valence-electron chi connectivity index (χ3n) is 7.77. The Labute approximate surface area is 167 Å². The first-order chi connectivity index (χ1) is 13.4. The predicted octanol–water partition coefficient (Wildman–Crippen LogP) is 2.31. The van der Waals surface area contributed by atoms with E-state index in [1.54, 1.807) is 11.9 Å². The van der Waals surface area contributed by atoms with Crippen LogP contribution in [0.1, 0.15) is 44.9 Å². The Hall–Kier alpha value is -1.54. The van der Waals surface area contributed by atoms with Gasteiger partial charge in [0, 0.05) is 38.8 Å². The molecule has 0 aromatic carbocycles. The van der Waals surface area contributed by atoms with Crippen molar-refractivity contribution in [2.45, 2.75) is 57.0 Å². The summed E-state index contributed by atoms with van der Waals surface area (Å²) in [5.41, 5.74) is 0.249. The van der Waals surface area contributed by atoms with Crippen molar-refractivity contribution >= 4 is 12.1 Å². The third-order valence-corrected chi connectivity index (χ3v) is 7.77. The van der Waals surface area contributed by atoms with E-state index in [4.69, 9.17) is 4.84 Å². The first kappa shape index (κ1) is 19.8. The molecule has 1 aliphatic carbocycles. The summed E-state index contributed by atoms with van der Waals surface area (Å²) in [6.07, 6.45) is 7.04. The minimum atomic E-state index is -0.768. The van der Waals surface area contributed by atoms with Crippen LogP contribution in [-0.2, 0) is 4.84 Å². The molecule has 1 saturated carbocycles. The lowest BCUT2D eigenvalue weighted by molar-refractivity contribution is -0.0795. The summed E-state index contributed by atoms with van der Waals surface area (Å²) in [7, 11) is 3.22. The van der Waals surface area contributed by atoms with Gasteiger partial charge in [-0.3, -0.25) is 4.84 Å². The molecule has 3 aliphatic heterocycles. The standard InChI is InChI=1S/C20H34N4O4/c1-21(28-2)18(25)24-8-3-4-17(24)15-5-9-22(10-6-15)16-12-20(13-16)7-11-23(14-20)19(26)27/h15-17H,3-14H2,1-2H3,(H,26,27)/t16?,17-,20?/m0/s1. The van der Waals surface area contributed by atoms with Gasteiger partial charge in [-0.25, -0.2) is 14.7 Å².